The Labute approximate surface area is 136 Å². The average Bonchev–Trinajstić information content (AvgIpc) is 2.55. The van der Waals surface area contributed by atoms with Gasteiger partial charge in [0.1, 0.15) is 0 Å². The van der Waals surface area contributed by atoms with Gasteiger partial charge in [-0.15, -0.1) is 0 Å². The number of hydrogen-bond donors (Lipinski definition) is 0. The second kappa shape index (κ2) is 8.64. The molecule has 1 aromatic carbocycles. The van der Waals surface area contributed by atoms with Crippen LogP contribution in [0.3, 0.4) is 0 Å². The lowest BCUT2D eigenvalue weighted by molar-refractivity contribution is 0.108. The Morgan fingerprint density at radius 1 is 1.00 bits per heavy atom. The summed E-state index contributed by atoms with van der Waals surface area (Å²) >= 11 is 5.43. The highest BCUT2D eigenvalue weighted by atomic mass is 35.5. The summed E-state index contributed by atoms with van der Waals surface area (Å²) in [6.45, 7) is 2.22. The minimum absolute atomic E-state index is 0.453. The largest absolute Gasteiger partial charge is 0.276 e. The fraction of sp³-hybridized carbons (Fsp3) is 0.389. The lowest BCUT2D eigenvalue weighted by Gasteiger charge is -2.04. The molecule has 0 amide bonds. The van der Waals surface area contributed by atoms with Gasteiger partial charge in [0, 0.05) is 23.5 Å². The van der Waals surface area contributed by atoms with Gasteiger partial charge in [-0.05, 0) is 42.1 Å². The summed E-state index contributed by atoms with van der Waals surface area (Å²) in [6, 6.07) is 7.01. The Bertz CT molecular complexity index is 593. The van der Waals surface area contributed by atoms with E-state index in [0.717, 1.165) is 12.0 Å². The van der Waals surface area contributed by atoms with E-state index in [0.29, 0.717) is 11.4 Å². The van der Waals surface area contributed by atoms with Crippen molar-refractivity contribution in [3.05, 3.63) is 47.8 Å². The number of aromatic nitrogens is 2. The first-order chi connectivity index (χ1) is 10.7. The van der Waals surface area contributed by atoms with E-state index in [1.165, 1.54) is 37.7 Å². The molecule has 1 heterocycles. The van der Waals surface area contributed by atoms with Crippen LogP contribution in [0.4, 0.5) is 0 Å². The van der Waals surface area contributed by atoms with Crippen LogP contribution in [0.2, 0.25) is 0 Å². The summed E-state index contributed by atoms with van der Waals surface area (Å²) in [4.78, 5) is 19.9. The minimum atomic E-state index is -0.453. The highest BCUT2D eigenvalue weighted by Crippen LogP contribution is 2.17. The number of carbonyl (C=O) groups excluding carboxylic acids is 1. The van der Waals surface area contributed by atoms with Crippen molar-refractivity contribution in [3.8, 4) is 11.4 Å². The van der Waals surface area contributed by atoms with Crippen molar-refractivity contribution in [3.63, 3.8) is 0 Å². The first-order valence-electron chi connectivity index (χ1n) is 7.82. The molecule has 0 unspecified atom stereocenters. The topological polar surface area (TPSA) is 42.9 Å². The highest BCUT2D eigenvalue weighted by molar-refractivity contribution is 6.67. The quantitative estimate of drug-likeness (QED) is 0.506. The molecule has 2 rings (SSSR count). The van der Waals surface area contributed by atoms with Gasteiger partial charge in [0.05, 0.1) is 0 Å². The third-order valence-electron chi connectivity index (χ3n) is 3.64. The molecule has 0 fully saturated rings. The zero-order valence-corrected chi connectivity index (χ0v) is 13.6. The summed E-state index contributed by atoms with van der Waals surface area (Å²) in [5, 5.41) is -0.453. The monoisotopic (exact) mass is 316 g/mol. The molecular formula is C18H21ClN2O. The second-order valence-electron chi connectivity index (χ2n) is 5.43. The van der Waals surface area contributed by atoms with Gasteiger partial charge in [-0.2, -0.15) is 0 Å². The van der Waals surface area contributed by atoms with Crippen molar-refractivity contribution in [1.29, 1.82) is 0 Å². The van der Waals surface area contributed by atoms with Gasteiger partial charge in [0.15, 0.2) is 5.82 Å². The summed E-state index contributed by atoms with van der Waals surface area (Å²) in [5.74, 6) is 0.670. The highest BCUT2D eigenvalue weighted by Gasteiger charge is 2.05. The van der Waals surface area contributed by atoms with Crippen molar-refractivity contribution in [2.75, 3.05) is 0 Å². The van der Waals surface area contributed by atoms with Crippen molar-refractivity contribution in [2.45, 2.75) is 45.4 Å². The van der Waals surface area contributed by atoms with E-state index < -0.39 is 5.24 Å². The molecule has 0 bridgehead atoms. The van der Waals surface area contributed by atoms with Gasteiger partial charge >= 0.3 is 0 Å². The average molecular weight is 317 g/mol. The molecule has 4 heteroatoms. The molecular weight excluding hydrogens is 296 g/mol. The third kappa shape index (κ3) is 4.92. The van der Waals surface area contributed by atoms with Crippen LogP contribution in [0.5, 0.6) is 0 Å². The molecule has 22 heavy (non-hydrogen) atoms. The van der Waals surface area contributed by atoms with Gasteiger partial charge in [-0.1, -0.05) is 44.7 Å². The Morgan fingerprint density at radius 3 is 2.23 bits per heavy atom. The molecule has 116 valence electrons. The fourth-order valence-electron chi connectivity index (χ4n) is 2.32. The van der Waals surface area contributed by atoms with Crippen LogP contribution in [-0.2, 0) is 6.42 Å². The van der Waals surface area contributed by atoms with Gasteiger partial charge in [0.2, 0.25) is 0 Å². The van der Waals surface area contributed by atoms with E-state index >= 15 is 0 Å². The second-order valence-corrected chi connectivity index (χ2v) is 5.77. The lowest BCUT2D eigenvalue weighted by atomic mass is 10.1. The fourth-order valence-corrected chi connectivity index (χ4v) is 2.44. The van der Waals surface area contributed by atoms with E-state index in [9.17, 15) is 4.79 Å². The summed E-state index contributed by atoms with van der Waals surface area (Å²) in [7, 11) is 0. The van der Waals surface area contributed by atoms with E-state index in [4.69, 9.17) is 11.6 Å². The molecule has 0 aliphatic heterocycles. The third-order valence-corrected chi connectivity index (χ3v) is 3.86. The van der Waals surface area contributed by atoms with E-state index in [1.54, 1.807) is 12.1 Å². The van der Waals surface area contributed by atoms with Crippen LogP contribution in [-0.4, -0.2) is 15.2 Å². The molecule has 0 radical (unpaired) electrons. The van der Waals surface area contributed by atoms with Crippen molar-refractivity contribution in [1.82, 2.24) is 9.97 Å². The molecule has 0 aliphatic rings. The first-order valence-corrected chi connectivity index (χ1v) is 8.19. The molecule has 1 aromatic heterocycles. The van der Waals surface area contributed by atoms with Crippen LogP contribution in [0, 0.1) is 0 Å². The van der Waals surface area contributed by atoms with E-state index in [2.05, 4.69) is 16.9 Å². The van der Waals surface area contributed by atoms with Crippen LogP contribution in [0.1, 0.15) is 54.9 Å². The standard InChI is InChI=1S/C18H21ClN2O/c1-2-3-4-5-6-7-14-12-20-18(21-13-14)16-10-8-15(9-11-16)17(19)22/h8-13H,2-7H2,1H3. The number of hydrogen-bond acceptors (Lipinski definition) is 3. The van der Waals surface area contributed by atoms with Gasteiger partial charge in [0.25, 0.3) is 5.24 Å². The zero-order valence-electron chi connectivity index (χ0n) is 12.9. The molecule has 0 saturated carbocycles. The van der Waals surface area contributed by atoms with Crippen molar-refractivity contribution in [2.24, 2.45) is 0 Å². The predicted molar refractivity (Wildman–Crippen MR) is 90.1 cm³/mol. The number of nitrogens with zero attached hydrogens (tertiary/aromatic N) is 2. The molecule has 0 N–H and O–H groups in total. The number of rotatable bonds is 8. The summed E-state index contributed by atoms with van der Waals surface area (Å²) < 4.78 is 0. The maximum absolute atomic E-state index is 11.0. The van der Waals surface area contributed by atoms with E-state index in [-0.39, 0.29) is 0 Å². The van der Waals surface area contributed by atoms with Crippen LogP contribution < -0.4 is 0 Å². The Hall–Kier alpha value is -1.74. The molecule has 0 atom stereocenters. The Morgan fingerprint density at radius 2 is 1.64 bits per heavy atom. The number of unbranched alkanes of at least 4 members (excludes halogenated alkanes) is 4. The van der Waals surface area contributed by atoms with Crippen molar-refractivity contribution < 1.29 is 4.79 Å². The normalized spacial score (nSPS) is 10.6. The Balaban J connectivity index is 1.92. The molecule has 0 saturated heterocycles. The van der Waals surface area contributed by atoms with Gasteiger partial charge in [-0.3, -0.25) is 4.79 Å². The number of benzene rings is 1. The van der Waals surface area contributed by atoms with E-state index in [1.807, 2.05) is 24.5 Å². The van der Waals surface area contributed by atoms with Gasteiger partial charge < -0.3 is 0 Å². The van der Waals surface area contributed by atoms with Crippen molar-refractivity contribution >= 4 is 16.8 Å². The van der Waals surface area contributed by atoms with Crippen LogP contribution >= 0.6 is 11.6 Å². The minimum Gasteiger partial charge on any atom is -0.276 e. The maximum Gasteiger partial charge on any atom is 0.252 e. The molecule has 0 aliphatic carbocycles. The SMILES string of the molecule is CCCCCCCc1cnc(-c2ccc(C(=O)Cl)cc2)nc1. The molecule has 0 spiro atoms. The zero-order chi connectivity index (χ0) is 15.8. The lowest BCUT2D eigenvalue weighted by Crippen LogP contribution is -1.94. The van der Waals surface area contributed by atoms with Gasteiger partial charge in [-0.25, -0.2) is 9.97 Å². The first kappa shape index (κ1) is 16.6. The molecule has 2 aromatic rings. The smallest absolute Gasteiger partial charge is 0.252 e. The number of carbonyl (C=O) groups is 1. The maximum atomic E-state index is 11.0. The van der Waals surface area contributed by atoms with Crippen LogP contribution in [0.25, 0.3) is 11.4 Å². The summed E-state index contributed by atoms with van der Waals surface area (Å²) in [5.41, 5.74) is 2.54. The predicted octanol–water partition coefficient (Wildman–Crippen LogP) is 5.04. The number of halogens is 1. The Kier molecular flexibility index (Phi) is 6.53. The number of aryl methyl sites for hydroxylation is 1. The van der Waals surface area contributed by atoms with Crippen LogP contribution in [0.15, 0.2) is 36.7 Å². The summed E-state index contributed by atoms with van der Waals surface area (Å²) in [6.07, 6.45) is 11.2. The molecule has 3 nitrogen and oxygen atoms in total.